The largest absolute Gasteiger partial charge is 0.741 e. The van der Waals surface area contributed by atoms with E-state index in [-0.39, 0.29) is 5.97 Å². The average Bonchev–Trinajstić information content (AvgIpc) is 3.11. The first-order valence-corrected chi connectivity index (χ1v) is 11.7. The second-order valence-corrected chi connectivity index (χ2v) is 8.55. The number of carbonyl (C=O) groups is 1. The molecule has 0 aliphatic rings. The van der Waals surface area contributed by atoms with Gasteiger partial charge in [-0.25, -0.2) is 22.3 Å². The molecule has 1 heterocycles. The maximum absolute atomic E-state index is 11.2. The summed E-state index contributed by atoms with van der Waals surface area (Å²) in [6, 6.07) is 0. The number of hydrogen-bond donors (Lipinski definition) is 0. The summed E-state index contributed by atoms with van der Waals surface area (Å²) in [5.41, 5.74) is -5.17. The maximum Gasteiger partial charge on any atom is 0.485 e. The van der Waals surface area contributed by atoms with Crippen molar-refractivity contribution >= 4 is 16.1 Å². The van der Waals surface area contributed by atoms with Crippen molar-refractivity contribution in [2.75, 3.05) is 6.61 Å². The van der Waals surface area contributed by atoms with Gasteiger partial charge < -0.3 is 9.29 Å². The molecule has 0 N–H and O–H groups in total. The Morgan fingerprint density at radius 1 is 1.13 bits per heavy atom. The third-order valence-corrected chi connectivity index (χ3v) is 4.76. The molecule has 7 nitrogen and oxygen atoms in total. The summed E-state index contributed by atoms with van der Waals surface area (Å²) >= 11 is 0. The quantitative estimate of drug-likeness (QED) is 0.108. The summed E-state index contributed by atoms with van der Waals surface area (Å²) < 4.78 is 68.5. The number of esters is 1. The summed E-state index contributed by atoms with van der Waals surface area (Å²) in [5.74, 6) is -0.270. The number of halogens is 3. The lowest BCUT2D eigenvalue weighted by atomic mass is 10.1. The van der Waals surface area contributed by atoms with Crippen LogP contribution in [0.1, 0.15) is 65.2 Å². The van der Waals surface area contributed by atoms with E-state index in [4.69, 9.17) is 17.7 Å². The highest BCUT2D eigenvalue weighted by atomic mass is 32.2. The molecule has 0 amide bonds. The molecule has 0 bridgehead atoms. The van der Waals surface area contributed by atoms with Crippen LogP contribution >= 0.6 is 0 Å². The van der Waals surface area contributed by atoms with Crippen LogP contribution in [0.3, 0.4) is 0 Å². The van der Waals surface area contributed by atoms with Crippen molar-refractivity contribution in [2.24, 2.45) is 0 Å². The van der Waals surface area contributed by atoms with Gasteiger partial charge in [0.1, 0.15) is 12.4 Å². The molecule has 0 spiro atoms. The van der Waals surface area contributed by atoms with E-state index in [9.17, 15) is 18.0 Å². The molecule has 11 heteroatoms. The number of ether oxygens (including phenoxy) is 1. The van der Waals surface area contributed by atoms with Crippen LogP contribution in [0.25, 0.3) is 0 Å². The number of aryl methyl sites for hydroxylation is 2. The first kappa shape index (κ1) is 29.1. The summed E-state index contributed by atoms with van der Waals surface area (Å²) in [4.78, 5) is 11.2. The van der Waals surface area contributed by atoms with Crippen LogP contribution in [0.5, 0.6) is 0 Å². The normalized spacial score (nSPS) is 11.5. The van der Waals surface area contributed by atoms with Gasteiger partial charge in [-0.1, -0.05) is 39.2 Å². The van der Waals surface area contributed by atoms with E-state index in [1.165, 1.54) is 38.5 Å². The van der Waals surface area contributed by atoms with Gasteiger partial charge in [0.2, 0.25) is 6.33 Å². The molecule has 0 atom stereocenters. The summed E-state index contributed by atoms with van der Waals surface area (Å²) in [5, 5.41) is 0. The first-order valence-electron chi connectivity index (χ1n) is 10.3. The Labute approximate surface area is 182 Å². The van der Waals surface area contributed by atoms with Crippen LogP contribution < -0.4 is 4.57 Å². The topological polar surface area (TPSA) is 92.3 Å². The second-order valence-electron chi connectivity index (χ2n) is 7.18. The van der Waals surface area contributed by atoms with Crippen LogP contribution in [0.2, 0.25) is 0 Å². The highest BCUT2D eigenvalue weighted by molar-refractivity contribution is 7.86. The standard InChI is InChI=1S/C19H33N2O2.CHF3O3S/c1-4-5-12-20-14-15-21(17-20)13-10-8-6-7-9-11-16-23-19(22)18(2)3;2-1(3,4)8(5,6)7/h14-15,17H,2,4-13,16H2,1,3H3;(H,5,6,7)/q+1;/p-1. The molecule has 0 saturated heterocycles. The van der Waals surface area contributed by atoms with Gasteiger partial charge in [-0.2, -0.15) is 13.2 Å². The molecule has 1 rings (SSSR count). The predicted octanol–water partition coefficient (Wildman–Crippen LogP) is 4.09. The molecular formula is C20H33F3N2O5S. The monoisotopic (exact) mass is 470 g/mol. The zero-order chi connectivity index (χ0) is 23.9. The summed E-state index contributed by atoms with van der Waals surface area (Å²) in [7, 11) is -6.09. The number of alkyl halides is 3. The van der Waals surface area contributed by atoms with Gasteiger partial charge in [0.15, 0.2) is 10.1 Å². The number of hydrogen-bond acceptors (Lipinski definition) is 5. The SMILES string of the molecule is C=C(C)C(=O)OCCCCCCCC[n+]1ccn(CCCC)c1.O=S(=O)([O-])C(F)(F)F. The smallest absolute Gasteiger partial charge is 0.485 e. The fourth-order valence-corrected chi connectivity index (χ4v) is 2.44. The second kappa shape index (κ2) is 15.0. The van der Waals surface area contributed by atoms with Crippen molar-refractivity contribution in [3.8, 4) is 0 Å². The van der Waals surface area contributed by atoms with Crippen LogP contribution in [0.4, 0.5) is 13.2 Å². The molecule has 180 valence electrons. The Bertz CT molecular complexity index is 761. The Morgan fingerprint density at radius 2 is 1.68 bits per heavy atom. The molecule has 0 aliphatic heterocycles. The van der Waals surface area contributed by atoms with Crippen LogP contribution in [-0.4, -0.2) is 35.6 Å². The third-order valence-electron chi connectivity index (χ3n) is 4.19. The zero-order valence-electron chi connectivity index (χ0n) is 18.2. The van der Waals surface area contributed by atoms with Gasteiger partial charge in [-0.15, -0.1) is 0 Å². The molecule has 0 aliphatic carbocycles. The van der Waals surface area contributed by atoms with E-state index in [0.717, 1.165) is 25.9 Å². The fourth-order valence-electron chi connectivity index (χ4n) is 2.44. The Kier molecular flexibility index (Phi) is 14.1. The lowest BCUT2D eigenvalue weighted by Crippen LogP contribution is -2.30. The van der Waals surface area contributed by atoms with E-state index >= 15 is 0 Å². The Morgan fingerprint density at radius 3 is 2.19 bits per heavy atom. The average molecular weight is 471 g/mol. The number of carbonyl (C=O) groups excluding carboxylic acids is 1. The molecule has 0 aromatic carbocycles. The van der Waals surface area contributed by atoms with Gasteiger partial charge in [0, 0.05) is 5.57 Å². The van der Waals surface area contributed by atoms with Crippen molar-refractivity contribution in [3.63, 3.8) is 0 Å². The first-order chi connectivity index (χ1) is 14.4. The number of aromatic nitrogens is 2. The summed E-state index contributed by atoms with van der Waals surface area (Å²) in [6.07, 6.45) is 16.1. The van der Waals surface area contributed by atoms with E-state index in [1.807, 2.05) is 0 Å². The minimum Gasteiger partial charge on any atom is -0.741 e. The van der Waals surface area contributed by atoms with Crippen LogP contribution in [-0.2, 0) is 32.7 Å². The highest BCUT2D eigenvalue weighted by Crippen LogP contribution is 2.20. The number of unbranched alkanes of at least 4 members (excludes halogenated alkanes) is 6. The lowest BCUT2D eigenvalue weighted by molar-refractivity contribution is -0.696. The number of imidazole rings is 1. The molecule has 1 aromatic rings. The van der Waals surface area contributed by atoms with E-state index in [0.29, 0.717) is 12.2 Å². The van der Waals surface area contributed by atoms with Crippen LogP contribution in [0.15, 0.2) is 30.9 Å². The van der Waals surface area contributed by atoms with E-state index in [2.05, 4.69) is 41.4 Å². The summed E-state index contributed by atoms with van der Waals surface area (Å²) in [6.45, 7) is 10.2. The number of rotatable bonds is 13. The molecule has 1 aromatic heterocycles. The third kappa shape index (κ3) is 14.7. The highest BCUT2D eigenvalue weighted by Gasteiger charge is 2.36. The Balaban J connectivity index is 0.000000954. The van der Waals surface area contributed by atoms with Gasteiger partial charge in [-0.05, 0) is 32.6 Å². The van der Waals surface area contributed by atoms with E-state index < -0.39 is 15.6 Å². The van der Waals surface area contributed by atoms with Crippen molar-refractivity contribution < 1.29 is 40.2 Å². The Hall–Kier alpha value is -1.88. The van der Waals surface area contributed by atoms with E-state index in [1.54, 1.807) is 6.92 Å². The van der Waals surface area contributed by atoms with Crippen molar-refractivity contribution in [2.45, 2.75) is 83.8 Å². The minimum atomic E-state index is -6.09. The molecular weight excluding hydrogens is 437 g/mol. The maximum atomic E-state index is 11.2. The van der Waals surface area contributed by atoms with Crippen molar-refractivity contribution in [3.05, 3.63) is 30.9 Å². The molecule has 0 saturated carbocycles. The predicted molar refractivity (Wildman–Crippen MR) is 109 cm³/mol. The van der Waals surface area contributed by atoms with Gasteiger partial charge in [0.25, 0.3) is 0 Å². The van der Waals surface area contributed by atoms with Crippen molar-refractivity contribution in [1.82, 2.24) is 4.57 Å². The van der Waals surface area contributed by atoms with Gasteiger partial charge in [-0.3, -0.25) is 0 Å². The van der Waals surface area contributed by atoms with Gasteiger partial charge >= 0.3 is 11.5 Å². The molecule has 0 fully saturated rings. The lowest BCUT2D eigenvalue weighted by Gasteiger charge is -2.08. The zero-order valence-corrected chi connectivity index (χ0v) is 19.0. The molecule has 0 unspecified atom stereocenters. The number of nitrogens with zero attached hydrogens (tertiary/aromatic N) is 2. The molecule has 0 radical (unpaired) electrons. The fraction of sp³-hybridized carbons (Fsp3) is 0.700. The molecule has 31 heavy (non-hydrogen) atoms. The minimum absolute atomic E-state index is 0.270. The van der Waals surface area contributed by atoms with Crippen molar-refractivity contribution in [1.29, 1.82) is 0 Å². The van der Waals surface area contributed by atoms with Crippen LogP contribution in [0, 0.1) is 0 Å². The van der Waals surface area contributed by atoms with Gasteiger partial charge in [0.05, 0.1) is 19.7 Å².